The number of nitro groups is 1. The predicted molar refractivity (Wildman–Crippen MR) is 100 cm³/mol. The molecule has 0 unspecified atom stereocenters. The summed E-state index contributed by atoms with van der Waals surface area (Å²) in [5.41, 5.74) is 1.17. The fraction of sp³-hybridized carbons (Fsp3) is 0. The Bertz CT molecular complexity index is 881. The topological polar surface area (TPSA) is 63.5 Å². The van der Waals surface area contributed by atoms with E-state index < -0.39 is 4.92 Å². The van der Waals surface area contributed by atoms with Gasteiger partial charge in [-0.1, -0.05) is 53.8 Å². The minimum absolute atomic E-state index is 0.0456. The van der Waals surface area contributed by atoms with Gasteiger partial charge in [-0.25, -0.2) is 0 Å². The molecule has 2 aromatic carbocycles. The van der Waals surface area contributed by atoms with E-state index in [-0.39, 0.29) is 11.6 Å². The second-order valence-electron chi connectivity index (χ2n) is 4.81. The number of nitrogens with zero attached hydrogens (tertiary/aromatic N) is 2. The highest BCUT2D eigenvalue weighted by atomic mass is 35.5. The summed E-state index contributed by atoms with van der Waals surface area (Å²) >= 11 is 12.5. The van der Waals surface area contributed by atoms with Gasteiger partial charge < -0.3 is 0 Å². The molecule has 1 aliphatic rings. The van der Waals surface area contributed by atoms with Gasteiger partial charge in [-0.2, -0.15) is 0 Å². The Morgan fingerprint density at radius 1 is 1.17 bits per heavy atom. The second-order valence-corrected chi connectivity index (χ2v) is 6.90. The lowest BCUT2D eigenvalue weighted by atomic mass is 10.2. The predicted octanol–water partition coefficient (Wildman–Crippen LogP) is 4.65. The van der Waals surface area contributed by atoms with Crippen LogP contribution < -0.4 is 4.90 Å². The number of hydrogen-bond acceptors (Lipinski definition) is 5. The molecule has 0 aromatic heterocycles. The van der Waals surface area contributed by atoms with Gasteiger partial charge in [0.05, 0.1) is 15.5 Å². The third-order valence-electron chi connectivity index (χ3n) is 3.30. The molecule has 5 nitrogen and oxygen atoms in total. The van der Waals surface area contributed by atoms with Crippen molar-refractivity contribution in [3.05, 3.63) is 74.1 Å². The van der Waals surface area contributed by atoms with Gasteiger partial charge in [0.15, 0.2) is 4.32 Å². The molecule has 0 atom stereocenters. The number of benzene rings is 2. The van der Waals surface area contributed by atoms with Gasteiger partial charge in [0.1, 0.15) is 0 Å². The van der Waals surface area contributed by atoms with Crippen molar-refractivity contribution in [3.8, 4) is 0 Å². The first kappa shape index (κ1) is 16.6. The largest absolute Gasteiger partial charge is 0.270 e. The molecule has 1 heterocycles. The minimum Gasteiger partial charge on any atom is -0.268 e. The molecule has 0 aliphatic carbocycles. The number of rotatable bonds is 3. The van der Waals surface area contributed by atoms with Gasteiger partial charge in [-0.15, -0.1) is 0 Å². The third kappa shape index (κ3) is 3.19. The van der Waals surface area contributed by atoms with E-state index in [1.807, 2.05) is 12.1 Å². The van der Waals surface area contributed by atoms with E-state index in [9.17, 15) is 14.9 Å². The van der Waals surface area contributed by atoms with Crippen molar-refractivity contribution in [1.82, 2.24) is 0 Å². The van der Waals surface area contributed by atoms with Gasteiger partial charge in [0.25, 0.3) is 11.6 Å². The lowest BCUT2D eigenvalue weighted by Gasteiger charge is -2.13. The summed E-state index contributed by atoms with van der Waals surface area (Å²) in [5.74, 6) is -0.279. The molecule has 1 saturated heterocycles. The molecule has 0 spiro atoms. The zero-order valence-electron chi connectivity index (χ0n) is 12.0. The first-order valence-electron chi connectivity index (χ1n) is 6.74. The van der Waals surface area contributed by atoms with Crippen LogP contribution in [0.2, 0.25) is 5.02 Å². The molecule has 2 aromatic rings. The number of nitro benzene ring substituents is 1. The molecular weight excluding hydrogens is 368 g/mol. The zero-order valence-corrected chi connectivity index (χ0v) is 14.4. The average Bonchev–Trinajstić information content (AvgIpc) is 2.84. The Hall–Kier alpha value is -2.22. The summed E-state index contributed by atoms with van der Waals surface area (Å²) in [4.78, 5) is 24.7. The van der Waals surface area contributed by atoms with E-state index in [4.69, 9.17) is 23.8 Å². The monoisotopic (exact) mass is 376 g/mol. The lowest BCUT2D eigenvalue weighted by molar-refractivity contribution is -0.384. The maximum absolute atomic E-state index is 12.6. The SMILES string of the molecule is O=C1/C(=C/c2ccccc2Cl)SC(=S)N1c1ccc([N+](=O)[O-])cc1. The van der Waals surface area contributed by atoms with Crippen LogP contribution in [0.15, 0.2) is 53.4 Å². The maximum Gasteiger partial charge on any atom is 0.270 e. The second kappa shape index (κ2) is 6.72. The van der Waals surface area contributed by atoms with Crippen LogP contribution in [0, 0.1) is 10.1 Å². The van der Waals surface area contributed by atoms with Crippen LogP contribution in [-0.2, 0) is 4.79 Å². The quantitative estimate of drug-likeness (QED) is 0.337. The van der Waals surface area contributed by atoms with Crippen molar-refractivity contribution in [3.63, 3.8) is 0 Å². The number of thiocarbonyl (C=S) groups is 1. The average molecular weight is 377 g/mol. The van der Waals surface area contributed by atoms with Crippen LogP contribution in [0.3, 0.4) is 0 Å². The molecule has 0 radical (unpaired) electrons. The number of carbonyl (C=O) groups excluding carboxylic acids is 1. The number of carbonyl (C=O) groups is 1. The highest BCUT2D eigenvalue weighted by molar-refractivity contribution is 8.27. The van der Waals surface area contributed by atoms with Crippen molar-refractivity contribution < 1.29 is 9.72 Å². The summed E-state index contributed by atoms with van der Waals surface area (Å²) in [6.07, 6.45) is 1.69. The Morgan fingerprint density at radius 3 is 2.46 bits per heavy atom. The number of amides is 1. The molecule has 0 saturated carbocycles. The van der Waals surface area contributed by atoms with Crippen molar-refractivity contribution >= 4 is 63.3 Å². The fourth-order valence-corrected chi connectivity index (χ4v) is 3.63. The van der Waals surface area contributed by atoms with Crippen LogP contribution in [0.4, 0.5) is 11.4 Å². The van der Waals surface area contributed by atoms with E-state index in [2.05, 4.69) is 0 Å². The molecule has 3 rings (SSSR count). The summed E-state index contributed by atoms with van der Waals surface area (Å²) in [6.45, 7) is 0. The van der Waals surface area contributed by atoms with Crippen LogP contribution in [0.25, 0.3) is 6.08 Å². The first-order valence-corrected chi connectivity index (χ1v) is 8.34. The molecule has 0 N–H and O–H groups in total. The van der Waals surface area contributed by atoms with E-state index >= 15 is 0 Å². The maximum atomic E-state index is 12.6. The summed E-state index contributed by atoms with van der Waals surface area (Å²) in [5, 5.41) is 11.3. The van der Waals surface area contributed by atoms with Gasteiger partial charge in [-0.3, -0.25) is 19.8 Å². The summed E-state index contributed by atoms with van der Waals surface area (Å²) in [7, 11) is 0. The van der Waals surface area contributed by atoms with Gasteiger partial charge in [-0.05, 0) is 29.8 Å². The van der Waals surface area contributed by atoms with Gasteiger partial charge >= 0.3 is 0 Å². The number of thioether (sulfide) groups is 1. The number of halogens is 1. The molecule has 120 valence electrons. The summed E-state index contributed by atoms with van der Waals surface area (Å²) in [6, 6.07) is 12.9. The molecule has 0 bridgehead atoms. The van der Waals surface area contributed by atoms with E-state index in [1.54, 1.807) is 18.2 Å². The number of non-ortho nitro benzene ring substituents is 1. The Balaban J connectivity index is 1.92. The van der Waals surface area contributed by atoms with E-state index in [0.717, 1.165) is 5.56 Å². The van der Waals surface area contributed by atoms with Crippen LogP contribution in [0.5, 0.6) is 0 Å². The van der Waals surface area contributed by atoms with Crippen LogP contribution in [-0.4, -0.2) is 15.2 Å². The third-order valence-corrected chi connectivity index (χ3v) is 4.95. The fourth-order valence-electron chi connectivity index (χ4n) is 2.15. The highest BCUT2D eigenvalue weighted by Crippen LogP contribution is 2.37. The van der Waals surface area contributed by atoms with Crippen molar-refractivity contribution in [2.45, 2.75) is 0 Å². The molecule has 8 heteroatoms. The molecule has 1 fully saturated rings. The van der Waals surface area contributed by atoms with Gasteiger partial charge in [0.2, 0.25) is 0 Å². The summed E-state index contributed by atoms with van der Waals surface area (Å²) < 4.78 is 0.368. The molecular formula is C16H9ClN2O3S2. The first-order chi connectivity index (χ1) is 11.5. The lowest BCUT2D eigenvalue weighted by Crippen LogP contribution is -2.27. The number of anilines is 1. The van der Waals surface area contributed by atoms with Gasteiger partial charge in [0, 0.05) is 17.2 Å². The number of hydrogen-bond donors (Lipinski definition) is 0. The normalized spacial score (nSPS) is 16.0. The molecule has 1 amide bonds. The zero-order chi connectivity index (χ0) is 17.3. The van der Waals surface area contributed by atoms with Crippen LogP contribution in [0.1, 0.15) is 5.56 Å². The van der Waals surface area contributed by atoms with E-state index in [0.29, 0.717) is 19.9 Å². The molecule has 1 aliphatic heterocycles. The smallest absolute Gasteiger partial charge is 0.268 e. The van der Waals surface area contributed by atoms with E-state index in [1.165, 1.54) is 40.9 Å². The Morgan fingerprint density at radius 2 is 1.83 bits per heavy atom. The van der Waals surface area contributed by atoms with Crippen molar-refractivity contribution in [1.29, 1.82) is 0 Å². The molecule has 24 heavy (non-hydrogen) atoms. The Labute approximate surface area is 152 Å². The standard InChI is InChI=1S/C16H9ClN2O3S2/c17-13-4-2-1-3-10(13)9-14-15(20)18(16(23)24-14)11-5-7-12(8-6-11)19(21)22/h1-9H/b14-9-. The van der Waals surface area contributed by atoms with Crippen LogP contribution >= 0.6 is 35.6 Å². The Kier molecular flexibility index (Phi) is 4.66. The highest BCUT2D eigenvalue weighted by Gasteiger charge is 2.33. The van der Waals surface area contributed by atoms with Crippen molar-refractivity contribution in [2.75, 3.05) is 4.90 Å². The van der Waals surface area contributed by atoms with Crippen molar-refractivity contribution in [2.24, 2.45) is 0 Å². The minimum atomic E-state index is -0.495.